The first-order valence-electron chi connectivity index (χ1n) is 9.68. The molecule has 0 spiro atoms. The molecule has 0 bridgehead atoms. The third kappa shape index (κ3) is 5.42. The van der Waals surface area contributed by atoms with Gasteiger partial charge in [-0.25, -0.2) is 0 Å². The molecule has 4 aromatic rings. The van der Waals surface area contributed by atoms with E-state index in [9.17, 15) is 0 Å². The van der Waals surface area contributed by atoms with Crippen molar-refractivity contribution in [3.8, 4) is 0 Å². The average Bonchev–Trinajstić information content (AvgIpc) is 2.77. The third-order valence-corrected chi connectivity index (χ3v) is 6.81. The molecular weight excluding hydrogens is 559 g/mol. The average molecular weight is 577 g/mol. The fourth-order valence-electron chi connectivity index (χ4n) is 3.48. The van der Waals surface area contributed by atoms with Gasteiger partial charge in [-0.15, -0.1) is 0 Å². The van der Waals surface area contributed by atoms with Gasteiger partial charge in [0.2, 0.25) is 0 Å². The summed E-state index contributed by atoms with van der Waals surface area (Å²) in [5.74, 6) is 0. The van der Waals surface area contributed by atoms with Crippen LogP contribution < -0.4 is 0 Å². The molecule has 0 aliphatic heterocycles. The Hall–Kier alpha value is -1.62. The maximum absolute atomic E-state index is 6.89. The summed E-state index contributed by atoms with van der Waals surface area (Å²) < 4.78 is 8.69. The number of rotatable bonds is 6. The molecule has 4 aromatic carbocycles. The summed E-state index contributed by atoms with van der Waals surface area (Å²) in [5, 5.41) is 1.34. The fraction of sp³-hybridized carbons (Fsp3) is 0.0769. The van der Waals surface area contributed by atoms with Gasteiger partial charge in [-0.05, 0) is 46.5 Å². The van der Waals surface area contributed by atoms with E-state index in [4.69, 9.17) is 27.9 Å². The second-order valence-corrected chi connectivity index (χ2v) is 9.63. The van der Waals surface area contributed by atoms with Crippen LogP contribution in [-0.4, -0.2) is 0 Å². The molecule has 31 heavy (non-hydrogen) atoms. The van der Waals surface area contributed by atoms with Crippen molar-refractivity contribution in [1.29, 1.82) is 0 Å². The number of hydrogen-bond donors (Lipinski definition) is 0. The van der Waals surface area contributed by atoms with Gasteiger partial charge in [0, 0.05) is 19.0 Å². The van der Waals surface area contributed by atoms with Gasteiger partial charge in [0.05, 0.1) is 0 Å². The van der Waals surface area contributed by atoms with E-state index in [0.717, 1.165) is 31.2 Å². The molecule has 4 rings (SSSR count). The van der Waals surface area contributed by atoms with Crippen LogP contribution in [0.15, 0.2) is 106 Å². The molecule has 0 heterocycles. The molecule has 0 saturated carbocycles. The predicted octanol–water partition coefficient (Wildman–Crippen LogP) is 9.41. The first kappa shape index (κ1) is 22.6. The molecular formula is C26H18Br2Cl2O. The fourth-order valence-corrected chi connectivity index (χ4v) is 5.26. The van der Waals surface area contributed by atoms with Crippen molar-refractivity contribution in [2.45, 2.75) is 12.2 Å². The Morgan fingerprint density at radius 2 is 0.935 bits per heavy atom. The zero-order chi connectivity index (χ0) is 21.8. The summed E-state index contributed by atoms with van der Waals surface area (Å²) in [6, 6.07) is 31.9. The predicted molar refractivity (Wildman–Crippen MR) is 136 cm³/mol. The number of benzene rings is 4. The number of ether oxygens (including phenoxy) is 1. The second kappa shape index (κ2) is 10.3. The highest BCUT2D eigenvalue weighted by Crippen LogP contribution is 2.41. The van der Waals surface area contributed by atoms with Crippen LogP contribution in [0.4, 0.5) is 0 Å². The van der Waals surface area contributed by atoms with Crippen molar-refractivity contribution < 1.29 is 4.74 Å². The van der Waals surface area contributed by atoms with Gasteiger partial charge in [0.15, 0.2) is 0 Å². The molecule has 0 N–H and O–H groups in total. The second-order valence-electron chi connectivity index (χ2n) is 7.05. The van der Waals surface area contributed by atoms with Crippen molar-refractivity contribution >= 4 is 55.1 Å². The lowest BCUT2D eigenvalue weighted by atomic mass is 9.98. The van der Waals surface area contributed by atoms with E-state index < -0.39 is 0 Å². The Bertz CT molecular complexity index is 1070. The van der Waals surface area contributed by atoms with Crippen LogP contribution in [0, 0.1) is 0 Å². The molecule has 1 nitrogen and oxygen atoms in total. The lowest BCUT2D eigenvalue weighted by Crippen LogP contribution is -2.14. The van der Waals surface area contributed by atoms with Crippen LogP contribution in [0.1, 0.15) is 34.5 Å². The third-order valence-electron chi connectivity index (χ3n) is 4.97. The van der Waals surface area contributed by atoms with Crippen molar-refractivity contribution in [3.63, 3.8) is 0 Å². The lowest BCUT2D eigenvalue weighted by Gasteiger charge is -2.28. The van der Waals surface area contributed by atoms with Crippen molar-refractivity contribution in [3.05, 3.63) is 138 Å². The monoisotopic (exact) mass is 574 g/mol. The minimum atomic E-state index is -0.319. The normalized spacial score (nSPS) is 13.0. The van der Waals surface area contributed by atoms with Crippen molar-refractivity contribution in [2.75, 3.05) is 0 Å². The van der Waals surface area contributed by atoms with Crippen LogP contribution in [-0.2, 0) is 4.74 Å². The van der Waals surface area contributed by atoms with E-state index in [1.165, 1.54) is 0 Å². The van der Waals surface area contributed by atoms with Crippen LogP contribution in [0.3, 0.4) is 0 Å². The van der Waals surface area contributed by atoms with Gasteiger partial charge in [-0.3, -0.25) is 0 Å². The molecule has 2 unspecified atom stereocenters. The molecule has 156 valence electrons. The first-order chi connectivity index (χ1) is 15.0. The van der Waals surface area contributed by atoms with Gasteiger partial charge in [-0.2, -0.15) is 0 Å². The maximum atomic E-state index is 6.89. The van der Waals surface area contributed by atoms with Gasteiger partial charge < -0.3 is 4.74 Å². The van der Waals surface area contributed by atoms with E-state index in [-0.39, 0.29) is 12.2 Å². The molecule has 0 fully saturated rings. The summed E-state index contributed by atoms with van der Waals surface area (Å²) in [5.41, 5.74) is 4.11. The van der Waals surface area contributed by atoms with Gasteiger partial charge >= 0.3 is 0 Å². The standard InChI is InChI=1S/C26H18Br2Cl2O/c27-23-15-19(29)11-13-21(23)25(17-7-3-1-4-8-17)31-26(18-9-5-2-6-10-18)22-14-12-20(30)16-24(22)28/h1-16,25-26H. The van der Waals surface area contributed by atoms with E-state index in [1.54, 1.807) is 0 Å². The molecule has 5 heteroatoms. The minimum Gasteiger partial charge on any atom is -0.356 e. The molecule has 0 saturated heterocycles. The molecule has 0 radical (unpaired) electrons. The number of hydrogen-bond acceptors (Lipinski definition) is 1. The van der Waals surface area contributed by atoms with E-state index >= 15 is 0 Å². The molecule has 0 aromatic heterocycles. The van der Waals surface area contributed by atoms with E-state index in [1.807, 2.05) is 72.8 Å². The maximum Gasteiger partial charge on any atom is 0.110 e. The topological polar surface area (TPSA) is 9.23 Å². The van der Waals surface area contributed by atoms with E-state index in [0.29, 0.717) is 10.0 Å². The van der Waals surface area contributed by atoms with Gasteiger partial charge in [-0.1, -0.05) is 128 Å². The van der Waals surface area contributed by atoms with Crippen molar-refractivity contribution in [2.24, 2.45) is 0 Å². The first-order valence-corrected chi connectivity index (χ1v) is 12.0. The Morgan fingerprint density at radius 1 is 0.548 bits per heavy atom. The van der Waals surface area contributed by atoms with Crippen molar-refractivity contribution in [1.82, 2.24) is 0 Å². The largest absolute Gasteiger partial charge is 0.356 e. The quantitative estimate of drug-likeness (QED) is 0.222. The summed E-state index contributed by atoms with van der Waals surface area (Å²) in [6.07, 6.45) is -0.638. The minimum absolute atomic E-state index is 0.319. The SMILES string of the molecule is Clc1ccc(C(OC(c2ccccc2)c2ccc(Cl)cc2Br)c2ccccc2)c(Br)c1. The zero-order valence-corrected chi connectivity index (χ0v) is 21.0. The van der Waals surface area contributed by atoms with Gasteiger partial charge in [0.25, 0.3) is 0 Å². The molecule has 0 aliphatic rings. The smallest absolute Gasteiger partial charge is 0.110 e. The summed E-state index contributed by atoms with van der Waals surface area (Å²) in [7, 11) is 0. The van der Waals surface area contributed by atoms with E-state index in [2.05, 4.69) is 56.1 Å². The van der Waals surface area contributed by atoms with Crippen LogP contribution in [0.25, 0.3) is 0 Å². The molecule has 2 atom stereocenters. The van der Waals surface area contributed by atoms with Crippen LogP contribution in [0.2, 0.25) is 10.0 Å². The lowest BCUT2D eigenvalue weighted by molar-refractivity contribution is 0.0301. The zero-order valence-electron chi connectivity index (χ0n) is 16.3. The Morgan fingerprint density at radius 3 is 1.29 bits per heavy atom. The Balaban J connectivity index is 1.84. The molecule has 0 aliphatic carbocycles. The highest BCUT2D eigenvalue weighted by atomic mass is 79.9. The summed E-state index contributed by atoms with van der Waals surface area (Å²) in [6.45, 7) is 0. The van der Waals surface area contributed by atoms with Crippen LogP contribution >= 0.6 is 55.1 Å². The highest BCUT2D eigenvalue weighted by Gasteiger charge is 2.26. The number of halogens is 4. The van der Waals surface area contributed by atoms with Crippen LogP contribution in [0.5, 0.6) is 0 Å². The Kier molecular flexibility index (Phi) is 7.52. The Labute approximate surface area is 209 Å². The molecule has 0 amide bonds. The highest BCUT2D eigenvalue weighted by molar-refractivity contribution is 9.10. The summed E-state index contributed by atoms with van der Waals surface area (Å²) in [4.78, 5) is 0. The summed E-state index contributed by atoms with van der Waals surface area (Å²) >= 11 is 19.8. The van der Waals surface area contributed by atoms with Gasteiger partial charge in [0.1, 0.15) is 12.2 Å².